The summed E-state index contributed by atoms with van der Waals surface area (Å²) < 4.78 is 3.14. The Labute approximate surface area is 119 Å². The molecule has 1 rings (SSSR count). The highest BCUT2D eigenvalue weighted by molar-refractivity contribution is 9.10. The molecule has 1 aromatic rings. The molecule has 104 valence electrons. The first-order valence-corrected chi connectivity index (χ1v) is 7.68. The standard InChI is InChI=1S/C14H26BrN3/c1-6-12-14(15)13(18(5)17-12)9-16-11(4)8-7-10(2)3/h10-11,16H,6-9H2,1-5H3. The number of aryl methyl sites for hydroxylation is 2. The van der Waals surface area contributed by atoms with Gasteiger partial charge in [-0.15, -0.1) is 0 Å². The number of hydrogen-bond donors (Lipinski definition) is 1. The van der Waals surface area contributed by atoms with E-state index in [0.29, 0.717) is 6.04 Å². The first-order chi connectivity index (χ1) is 8.45. The predicted molar refractivity (Wildman–Crippen MR) is 80.7 cm³/mol. The third kappa shape index (κ3) is 4.39. The molecule has 0 fully saturated rings. The molecule has 1 heterocycles. The molecule has 0 aromatic carbocycles. The number of halogens is 1. The minimum Gasteiger partial charge on any atom is -0.309 e. The average Bonchev–Trinajstić information content (AvgIpc) is 2.59. The van der Waals surface area contributed by atoms with Crippen LogP contribution in [0.15, 0.2) is 4.47 Å². The first kappa shape index (κ1) is 15.7. The molecule has 0 aliphatic rings. The zero-order valence-corrected chi connectivity index (χ0v) is 13.8. The van der Waals surface area contributed by atoms with Gasteiger partial charge in [0.05, 0.1) is 15.9 Å². The van der Waals surface area contributed by atoms with E-state index >= 15 is 0 Å². The fourth-order valence-corrected chi connectivity index (χ4v) is 2.72. The van der Waals surface area contributed by atoms with Crippen LogP contribution in [-0.4, -0.2) is 15.8 Å². The number of aromatic nitrogens is 2. The van der Waals surface area contributed by atoms with E-state index in [-0.39, 0.29) is 0 Å². The molecule has 1 aromatic heterocycles. The normalized spacial score (nSPS) is 13.3. The highest BCUT2D eigenvalue weighted by Crippen LogP contribution is 2.21. The molecule has 1 unspecified atom stereocenters. The quantitative estimate of drug-likeness (QED) is 0.832. The van der Waals surface area contributed by atoms with Crippen molar-refractivity contribution in [3.63, 3.8) is 0 Å². The van der Waals surface area contributed by atoms with Gasteiger partial charge in [0, 0.05) is 19.6 Å². The molecule has 1 atom stereocenters. The van der Waals surface area contributed by atoms with E-state index < -0.39 is 0 Å². The summed E-state index contributed by atoms with van der Waals surface area (Å²) in [5.41, 5.74) is 2.38. The predicted octanol–water partition coefficient (Wildman–Crippen LogP) is 3.66. The van der Waals surface area contributed by atoms with E-state index in [1.54, 1.807) is 0 Å². The van der Waals surface area contributed by atoms with E-state index in [4.69, 9.17) is 0 Å². The molecular formula is C14H26BrN3. The van der Waals surface area contributed by atoms with Crippen LogP contribution in [0.3, 0.4) is 0 Å². The lowest BCUT2D eigenvalue weighted by Crippen LogP contribution is -2.27. The van der Waals surface area contributed by atoms with Crippen LogP contribution in [0.25, 0.3) is 0 Å². The summed E-state index contributed by atoms with van der Waals surface area (Å²) in [7, 11) is 2.01. The fourth-order valence-electron chi connectivity index (χ4n) is 1.97. The van der Waals surface area contributed by atoms with Gasteiger partial charge in [0.2, 0.25) is 0 Å². The molecule has 0 aliphatic heterocycles. The van der Waals surface area contributed by atoms with Crippen molar-refractivity contribution < 1.29 is 0 Å². The lowest BCUT2D eigenvalue weighted by Gasteiger charge is -2.15. The zero-order valence-electron chi connectivity index (χ0n) is 12.3. The zero-order chi connectivity index (χ0) is 13.7. The van der Waals surface area contributed by atoms with E-state index in [9.17, 15) is 0 Å². The molecule has 0 amide bonds. The van der Waals surface area contributed by atoms with Crippen LogP contribution in [0.1, 0.15) is 51.9 Å². The molecule has 18 heavy (non-hydrogen) atoms. The number of nitrogens with zero attached hydrogens (tertiary/aromatic N) is 2. The Hall–Kier alpha value is -0.350. The molecule has 0 saturated heterocycles. The van der Waals surface area contributed by atoms with Crippen molar-refractivity contribution in [2.45, 2.75) is 59.5 Å². The Morgan fingerprint density at radius 3 is 2.44 bits per heavy atom. The van der Waals surface area contributed by atoms with Crippen molar-refractivity contribution in [1.82, 2.24) is 15.1 Å². The molecular weight excluding hydrogens is 290 g/mol. The van der Waals surface area contributed by atoms with Crippen molar-refractivity contribution in [3.05, 3.63) is 15.9 Å². The maximum Gasteiger partial charge on any atom is 0.0767 e. The second kappa shape index (κ2) is 7.29. The third-order valence-corrected chi connectivity index (χ3v) is 4.21. The molecule has 0 bridgehead atoms. The van der Waals surface area contributed by atoms with E-state index in [1.165, 1.54) is 18.5 Å². The van der Waals surface area contributed by atoms with Gasteiger partial charge in [0.1, 0.15) is 0 Å². The van der Waals surface area contributed by atoms with Gasteiger partial charge in [-0.1, -0.05) is 20.8 Å². The number of hydrogen-bond acceptors (Lipinski definition) is 2. The molecule has 4 heteroatoms. The van der Waals surface area contributed by atoms with Crippen molar-refractivity contribution in [3.8, 4) is 0 Å². The monoisotopic (exact) mass is 315 g/mol. The van der Waals surface area contributed by atoms with Crippen LogP contribution in [-0.2, 0) is 20.0 Å². The lowest BCUT2D eigenvalue weighted by molar-refractivity contribution is 0.444. The van der Waals surface area contributed by atoms with Gasteiger partial charge >= 0.3 is 0 Å². The third-order valence-electron chi connectivity index (χ3n) is 3.30. The largest absolute Gasteiger partial charge is 0.309 e. The van der Waals surface area contributed by atoms with Crippen molar-refractivity contribution in [1.29, 1.82) is 0 Å². The topological polar surface area (TPSA) is 29.9 Å². The Kier molecular flexibility index (Phi) is 6.36. The van der Waals surface area contributed by atoms with Gasteiger partial charge in [0.25, 0.3) is 0 Å². The van der Waals surface area contributed by atoms with Gasteiger partial charge in [0.15, 0.2) is 0 Å². The highest BCUT2D eigenvalue weighted by atomic mass is 79.9. The average molecular weight is 316 g/mol. The first-order valence-electron chi connectivity index (χ1n) is 6.89. The molecule has 0 saturated carbocycles. The van der Waals surface area contributed by atoms with Crippen LogP contribution in [0.2, 0.25) is 0 Å². The van der Waals surface area contributed by atoms with Crippen LogP contribution in [0, 0.1) is 5.92 Å². The van der Waals surface area contributed by atoms with Gasteiger partial charge in [-0.2, -0.15) is 5.10 Å². The Morgan fingerprint density at radius 1 is 1.28 bits per heavy atom. The second-order valence-electron chi connectivity index (χ2n) is 5.44. The SMILES string of the molecule is CCc1nn(C)c(CNC(C)CCC(C)C)c1Br. The summed E-state index contributed by atoms with van der Waals surface area (Å²) in [6.07, 6.45) is 3.48. The van der Waals surface area contributed by atoms with E-state index in [0.717, 1.165) is 29.1 Å². The van der Waals surface area contributed by atoms with Crippen LogP contribution < -0.4 is 5.32 Å². The Bertz CT molecular complexity index is 371. The van der Waals surface area contributed by atoms with Crippen molar-refractivity contribution in [2.75, 3.05) is 0 Å². The number of rotatable bonds is 7. The molecule has 0 spiro atoms. The summed E-state index contributed by atoms with van der Waals surface area (Å²) in [6, 6.07) is 0.555. The smallest absolute Gasteiger partial charge is 0.0767 e. The fraction of sp³-hybridized carbons (Fsp3) is 0.786. The van der Waals surface area contributed by atoms with Gasteiger partial charge in [-0.3, -0.25) is 4.68 Å². The summed E-state index contributed by atoms with van der Waals surface area (Å²) >= 11 is 3.65. The Morgan fingerprint density at radius 2 is 1.94 bits per heavy atom. The van der Waals surface area contributed by atoms with Gasteiger partial charge in [-0.25, -0.2) is 0 Å². The number of nitrogens with one attached hydrogen (secondary N) is 1. The molecule has 0 aliphatic carbocycles. The van der Waals surface area contributed by atoms with Crippen LogP contribution >= 0.6 is 15.9 Å². The highest BCUT2D eigenvalue weighted by Gasteiger charge is 2.13. The van der Waals surface area contributed by atoms with Gasteiger partial charge < -0.3 is 5.32 Å². The van der Waals surface area contributed by atoms with Gasteiger partial charge in [-0.05, 0) is 48.0 Å². The lowest BCUT2D eigenvalue weighted by atomic mass is 10.0. The minimum atomic E-state index is 0.555. The summed E-state index contributed by atoms with van der Waals surface area (Å²) in [5.74, 6) is 0.782. The van der Waals surface area contributed by atoms with E-state index in [2.05, 4.69) is 54.0 Å². The Balaban J connectivity index is 2.50. The van der Waals surface area contributed by atoms with Crippen molar-refractivity contribution >= 4 is 15.9 Å². The molecule has 1 N–H and O–H groups in total. The summed E-state index contributed by atoms with van der Waals surface area (Å²) in [6.45, 7) is 9.82. The van der Waals surface area contributed by atoms with E-state index in [1.807, 2.05) is 11.7 Å². The van der Waals surface area contributed by atoms with Crippen molar-refractivity contribution in [2.24, 2.45) is 13.0 Å². The maximum absolute atomic E-state index is 4.51. The second-order valence-corrected chi connectivity index (χ2v) is 6.23. The molecule has 3 nitrogen and oxygen atoms in total. The summed E-state index contributed by atoms with van der Waals surface area (Å²) in [4.78, 5) is 0. The maximum atomic E-state index is 4.51. The summed E-state index contributed by atoms with van der Waals surface area (Å²) in [5, 5.41) is 8.09. The van der Waals surface area contributed by atoms with Crippen LogP contribution in [0.4, 0.5) is 0 Å². The van der Waals surface area contributed by atoms with Crippen LogP contribution in [0.5, 0.6) is 0 Å². The minimum absolute atomic E-state index is 0.555. The molecule has 0 radical (unpaired) electrons.